The van der Waals surface area contributed by atoms with E-state index in [4.69, 9.17) is 11.6 Å². The molecule has 0 heterocycles. The van der Waals surface area contributed by atoms with Gasteiger partial charge < -0.3 is 15.2 Å². The van der Waals surface area contributed by atoms with E-state index in [9.17, 15) is 14.7 Å². The molecule has 0 aromatic heterocycles. The molecule has 0 saturated carbocycles. The van der Waals surface area contributed by atoms with Crippen LogP contribution in [0.15, 0.2) is 54.6 Å². The van der Waals surface area contributed by atoms with Crippen molar-refractivity contribution in [1.29, 1.82) is 0 Å². The Morgan fingerprint density at radius 1 is 1.05 bits per heavy atom. The first-order valence-electron chi connectivity index (χ1n) is 6.37. The zero-order valence-electron chi connectivity index (χ0n) is 11.1. The standard InChI is InChI=1S/C16H14ClNO3/c17-12-6-8-13(9-7-12)18-14(16(20)21)10-15(19)11-4-2-1-3-5-11/h1-9,14,18H,10H2,(H,20,21)/p-1/t14-/m0/s1. The number of halogens is 1. The maximum absolute atomic E-state index is 12.1. The molecule has 0 unspecified atom stereocenters. The zero-order valence-corrected chi connectivity index (χ0v) is 11.8. The Morgan fingerprint density at radius 3 is 2.24 bits per heavy atom. The number of Topliss-reactive ketones (excluding diaryl/α,β-unsaturated/α-hetero) is 1. The topological polar surface area (TPSA) is 69.2 Å². The van der Waals surface area contributed by atoms with E-state index in [1.807, 2.05) is 0 Å². The van der Waals surface area contributed by atoms with Crippen LogP contribution in [0, 0.1) is 0 Å². The minimum atomic E-state index is -1.32. The molecule has 21 heavy (non-hydrogen) atoms. The van der Waals surface area contributed by atoms with Gasteiger partial charge in [0.2, 0.25) is 0 Å². The summed E-state index contributed by atoms with van der Waals surface area (Å²) < 4.78 is 0. The molecule has 1 atom stereocenters. The molecule has 0 amide bonds. The van der Waals surface area contributed by atoms with E-state index in [0.29, 0.717) is 16.3 Å². The minimum absolute atomic E-state index is 0.186. The Labute approximate surface area is 127 Å². The highest BCUT2D eigenvalue weighted by Crippen LogP contribution is 2.16. The summed E-state index contributed by atoms with van der Waals surface area (Å²) in [7, 11) is 0. The summed E-state index contributed by atoms with van der Waals surface area (Å²) in [6.07, 6.45) is -0.186. The van der Waals surface area contributed by atoms with Gasteiger partial charge in [-0.1, -0.05) is 41.9 Å². The molecular weight excluding hydrogens is 290 g/mol. The summed E-state index contributed by atoms with van der Waals surface area (Å²) in [6, 6.07) is 14.0. The van der Waals surface area contributed by atoms with Crippen LogP contribution < -0.4 is 10.4 Å². The van der Waals surface area contributed by atoms with Crippen LogP contribution in [0.4, 0.5) is 5.69 Å². The van der Waals surface area contributed by atoms with Gasteiger partial charge in [-0.05, 0) is 24.3 Å². The second-order valence-electron chi connectivity index (χ2n) is 4.52. The Bertz CT molecular complexity index is 626. The van der Waals surface area contributed by atoms with Crippen molar-refractivity contribution in [3.8, 4) is 0 Å². The summed E-state index contributed by atoms with van der Waals surface area (Å²) in [4.78, 5) is 23.2. The third kappa shape index (κ3) is 4.33. The molecule has 2 aromatic carbocycles. The van der Waals surface area contributed by atoms with Crippen molar-refractivity contribution in [1.82, 2.24) is 0 Å². The van der Waals surface area contributed by atoms with E-state index in [0.717, 1.165) is 0 Å². The van der Waals surface area contributed by atoms with Gasteiger partial charge in [0, 0.05) is 22.7 Å². The van der Waals surface area contributed by atoms with Crippen LogP contribution in [-0.4, -0.2) is 17.8 Å². The van der Waals surface area contributed by atoms with Gasteiger partial charge in [-0.3, -0.25) is 4.79 Å². The van der Waals surface area contributed by atoms with Crippen LogP contribution >= 0.6 is 11.6 Å². The van der Waals surface area contributed by atoms with E-state index in [2.05, 4.69) is 5.32 Å². The van der Waals surface area contributed by atoms with Crippen LogP contribution in [0.2, 0.25) is 5.02 Å². The fourth-order valence-corrected chi connectivity index (χ4v) is 1.99. The van der Waals surface area contributed by atoms with Crippen molar-refractivity contribution in [3.63, 3.8) is 0 Å². The van der Waals surface area contributed by atoms with E-state index in [1.165, 1.54) is 0 Å². The van der Waals surface area contributed by atoms with Crippen molar-refractivity contribution in [2.75, 3.05) is 5.32 Å². The fraction of sp³-hybridized carbons (Fsp3) is 0.125. The first kappa shape index (κ1) is 15.1. The van der Waals surface area contributed by atoms with Gasteiger partial charge in [-0.25, -0.2) is 0 Å². The Kier molecular flexibility index (Phi) is 4.95. The van der Waals surface area contributed by atoms with Crippen LogP contribution in [0.3, 0.4) is 0 Å². The van der Waals surface area contributed by atoms with Gasteiger partial charge in [0.1, 0.15) is 0 Å². The second-order valence-corrected chi connectivity index (χ2v) is 4.95. The molecule has 0 saturated heterocycles. The predicted molar refractivity (Wildman–Crippen MR) is 79.3 cm³/mol. The SMILES string of the molecule is O=C(C[C@H](Nc1ccc(Cl)cc1)C(=O)[O-])c1ccccc1. The summed E-state index contributed by atoms with van der Waals surface area (Å²) in [5.41, 5.74) is 1.04. The number of benzene rings is 2. The monoisotopic (exact) mass is 302 g/mol. The number of carbonyl (C=O) groups excluding carboxylic acids is 2. The molecule has 0 bridgehead atoms. The minimum Gasteiger partial charge on any atom is -0.548 e. The first-order chi connectivity index (χ1) is 10.1. The molecular formula is C16H13ClNO3-. The number of rotatable bonds is 6. The molecule has 0 aliphatic rings. The van der Waals surface area contributed by atoms with E-state index in [-0.39, 0.29) is 12.2 Å². The molecule has 2 aromatic rings. The summed E-state index contributed by atoms with van der Waals surface area (Å²) >= 11 is 5.76. The van der Waals surface area contributed by atoms with Crippen molar-refractivity contribution in [2.24, 2.45) is 0 Å². The van der Waals surface area contributed by atoms with Crippen molar-refractivity contribution in [2.45, 2.75) is 12.5 Å². The van der Waals surface area contributed by atoms with Crippen molar-refractivity contribution >= 4 is 29.0 Å². The Balaban J connectivity index is 2.07. The van der Waals surface area contributed by atoms with E-state index in [1.54, 1.807) is 54.6 Å². The molecule has 0 spiro atoms. The fourth-order valence-electron chi connectivity index (χ4n) is 1.87. The molecule has 0 fully saturated rings. The lowest BCUT2D eigenvalue weighted by Gasteiger charge is -2.20. The first-order valence-corrected chi connectivity index (χ1v) is 6.75. The lowest BCUT2D eigenvalue weighted by molar-refractivity contribution is -0.306. The molecule has 1 N–H and O–H groups in total. The lowest BCUT2D eigenvalue weighted by Crippen LogP contribution is -2.42. The van der Waals surface area contributed by atoms with Crippen LogP contribution in [0.25, 0.3) is 0 Å². The molecule has 0 radical (unpaired) electrons. The summed E-state index contributed by atoms with van der Waals surface area (Å²) in [5.74, 6) is -1.58. The molecule has 4 nitrogen and oxygen atoms in total. The molecule has 0 aliphatic carbocycles. The summed E-state index contributed by atoms with van der Waals surface area (Å²) in [5, 5.41) is 14.5. The second kappa shape index (κ2) is 6.90. The van der Waals surface area contributed by atoms with Gasteiger partial charge in [0.15, 0.2) is 5.78 Å². The molecule has 2 rings (SSSR count). The Morgan fingerprint density at radius 2 is 1.67 bits per heavy atom. The number of carbonyl (C=O) groups is 2. The number of ketones is 1. The van der Waals surface area contributed by atoms with E-state index >= 15 is 0 Å². The average molecular weight is 303 g/mol. The van der Waals surface area contributed by atoms with Gasteiger partial charge in [-0.15, -0.1) is 0 Å². The zero-order chi connectivity index (χ0) is 15.2. The van der Waals surface area contributed by atoms with Gasteiger partial charge >= 0.3 is 0 Å². The number of anilines is 1. The third-order valence-corrected chi connectivity index (χ3v) is 3.21. The normalized spacial score (nSPS) is 11.7. The van der Waals surface area contributed by atoms with E-state index < -0.39 is 12.0 Å². The number of hydrogen-bond acceptors (Lipinski definition) is 4. The quantitative estimate of drug-likeness (QED) is 0.830. The number of nitrogens with one attached hydrogen (secondary N) is 1. The molecule has 108 valence electrons. The van der Waals surface area contributed by atoms with Crippen LogP contribution in [0.5, 0.6) is 0 Å². The largest absolute Gasteiger partial charge is 0.548 e. The number of carboxylic acids is 1. The van der Waals surface area contributed by atoms with Crippen molar-refractivity contribution in [3.05, 3.63) is 65.2 Å². The predicted octanol–water partition coefficient (Wildman–Crippen LogP) is 2.14. The highest BCUT2D eigenvalue weighted by molar-refractivity contribution is 6.30. The Hall–Kier alpha value is -2.33. The maximum atomic E-state index is 12.1. The van der Waals surface area contributed by atoms with Crippen LogP contribution in [0.1, 0.15) is 16.8 Å². The molecule has 0 aliphatic heterocycles. The summed E-state index contributed by atoms with van der Waals surface area (Å²) in [6.45, 7) is 0. The average Bonchev–Trinajstić information content (AvgIpc) is 2.49. The number of aliphatic carboxylic acids is 1. The number of carboxylic acid groups (broad SMARTS) is 1. The molecule has 5 heteroatoms. The highest BCUT2D eigenvalue weighted by Gasteiger charge is 2.16. The van der Waals surface area contributed by atoms with Crippen molar-refractivity contribution < 1.29 is 14.7 Å². The van der Waals surface area contributed by atoms with Gasteiger partial charge in [0.25, 0.3) is 0 Å². The smallest absolute Gasteiger partial charge is 0.165 e. The number of hydrogen-bond donors (Lipinski definition) is 1. The third-order valence-electron chi connectivity index (χ3n) is 2.95. The van der Waals surface area contributed by atoms with Crippen LogP contribution in [-0.2, 0) is 4.79 Å². The van der Waals surface area contributed by atoms with Gasteiger partial charge in [0.05, 0.1) is 12.0 Å². The highest BCUT2D eigenvalue weighted by atomic mass is 35.5. The van der Waals surface area contributed by atoms with Gasteiger partial charge in [-0.2, -0.15) is 0 Å². The maximum Gasteiger partial charge on any atom is 0.165 e. The lowest BCUT2D eigenvalue weighted by atomic mass is 10.0.